The molecule has 1 heterocycles. The smallest absolute Gasteiger partial charge is 0.227 e. The van der Waals surface area contributed by atoms with Crippen molar-refractivity contribution in [3.05, 3.63) is 70.0 Å². The van der Waals surface area contributed by atoms with E-state index in [1.165, 1.54) is 0 Å². The van der Waals surface area contributed by atoms with Crippen molar-refractivity contribution in [3.63, 3.8) is 0 Å². The van der Waals surface area contributed by atoms with Crippen molar-refractivity contribution in [3.8, 4) is 17.0 Å². The molecule has 1 amide bonds. The van der Waals surface area contributed by atoms with Gasteiger partial charge >= 0.3 is 0 Å². The normalized spacial score (nSPS) is 10.6. The van der Waals surface area contributed by atoms with Gasteiger partial charge in [0.1, 0.15) is 5.75 Å². The fraction of sp³-hybridized carbons (Fsp3) is 0.273. The highest BCUT2D eigenvalue weighted by atomic mass is 32.1. The van der Waals surface area contributed by atoms with E-state index in [-0.39, 0.29) is 5.91 Å². The van der Waals surface area contributed by atoms with Crippen LogP contribution in [-0.2, 0) is 17.8 Å². The van der Waals surface area contributed by atoms with Crippen molar-refractivity contribution in [2.45, 2.75) is 26.8 Å². The fourth-order valence-corrected chi connectivity index (χ4v) is 3.65. The lowest BCUT2D eigenvalue weighted by Crippen LogP contribution is -2.31. The summed E-state index contributed by atoms with van der Waals surface area (Å²) in [6.45, 7) is 5.28. The highest BCUT2D eigenvalue weighted by molar-refractivity contribution is 7.09. The van der Waals surface area contributed by atoms with Gasteiger partial charge in [-0.15, -0.1) is 11.3 Å². The number of hydrogen-bond donors (Lipinski definition) is 0. The molecule has 2 aromatic carbocycles. The van der Waals surface area contributed by atoms with Crippen LogP contribution in [0.4, 0.5) is 0 Å². The third kappa shape index (κ3) is 4.74. The number of nitrogens with zero attached hydrogens (tertiary/aromatic N) is 2. The van der Waals surface area contributed by atoms with Crippen molar-refractivity contribution in [2.75, 3.05) is 13.7 Å². The Bertz CT molecular complexity index is 906. The first-order chi connectivity index (χ1) is 13.1. The standard InChI is InChI=1S/C22H24N2O2S/c1-4-24(14-17-8-6-5-7-9-17)22(25)13-19-12-18(10-11-21(19)26-3)20-15-27-16(2)23-20/h5-12,15H,4,13-14H2,1-3H3. The highest BCUT2D eigenvalue weighted by Gasteiger charge is 2.16. The molecule has 0 fully saturated rings. The highest BCUT2D eigenvalue weighted by Crippen LogP contribution is 2.28. The maximum atomic E-state index is 12.9. The Labute approximate surface area is 164 Å². The van der Waals surface area contributed by atoms with Gasteiger partial charge in [0.05, 0.1) is 24.2 Å². The minimum atomic E-state index is 0.0891. The molecule has 0 spiro atoms. The fourth-order valence-electron chi connectivity index (χ4n) is 3.03. The molecule has 0 saturated carbocycles. The molecule has 0 aliphatic heterocycles. The van der Waals surface area contributed by atoms with Crippen molar-refractivity contribution >= 4 is 17.2 Å². The number of thiazole rings is 1. The van der Waals surface area contributed by atoms with E-state index in [2.05, 4.69) is 4.98 Å². The Morgan fingerprint density at radius 2 is 1.96 bits per heavy atom. The summed E-state index contributed by atoms with van der Waals surface area (Å²) < 4.78 is 5.49. The number of hydrogen-bond acceptors (Lipinski definition) is 4. The number of benzene rings is 2. The average molecular weight is 381 g/mol. The topological polar surface area (TPSA) is 42.4 Å². The molecule has 27 heavy (non-hydrogen) atoms. The molecule has 3 aromatic rings. The second-order valence-corrected chi connectivity index (χ2v) is 7.41. The number of methoxy groups -OCH3 is 1. The second-order valence-electron chi connectivity index (χ2n) is 6.35. The second kappa shape index (κ2) is 8.82. The minimum Gasteiger partial charge on any atom is -0.496 e. The number of carbonyl (C=O) groups excluding carboxylic acids is 1. The van der Waals surface area contributed by atoms with Gasteiger partial charge in [-0.1, -0.05) is 30.3 Å². The molecule has 4 nitrogen and oxygen atoms in total. The van der Waals surface area contributed by atoms with Crippen LogP contribution in [0.3, 0.4) is 0 Å². The molecular weight excluding hydrogens is 356 g/mol. The summed E-state index contributed by atoms with van der Waals surface area (Å²) in [5, 5.41) is 3.06. The van der Waals surface area contributed by atoms with Crippen LogP contribution in [0.2, 0.25) is 0 Å². The first-order valence-electron chi connectivity index (χ1n) is 9.01. The van der Waals surface area contributed by atoms with Crippen LogP contribution in [0, 0.1) is 6.92 Å². The van der Waals surface area contributed by atoms with Crippen LogP contribution in [-0.4, -0.2) is 29.4 Å². The van der Waals surface area contributed by atoms with Gasteiger partial charge in [-0.25, -0.2) is 4.98 Å². The molecule has 0 radical (unpaired) electrons. The summed E-state index contributed by atoms with van der Waals surface area (Å²) in [4.78, 5) is 19.3. The molecule has 3 rings (SSSR count). The Balaban J connectivity index is 1.81. The van der Waals surface area contributed by atoms with Gasteiger partial charge in [-0.2, -0.15) is 0 Å². The SMILES string of the molecule is CCN(Cc1ccccc1)C(=O)Cc1cc(-c2csc(C)n2)ccc1OC. The number of aryl methyl sites for hydroxylation is 1. The van der Waals surface area contributed by atoms with Crippen LogP contribution >= 0.6 is 11.3 Å². The van der Waals surface area contributed by atoms with E-state index >= 15 is 0 Å². The average Bonchev–Trinajstić information content (AvgIpc) is 3.13. The molecule has 140 valence electrons. The van der Waals surface area contributed by atoms with Crippen LogP contribution in [0.1, 0.15) is 23.1 Å². The summed E-state index contributed by atoms with van der Waals surface area (Å²) in [5.74, 6) is 0.820. The number of rotatable bonds is 7. The van der Waals surface area contributed by atoms with E-state index in [1.54, 1.807) is 18.4 Å². The van der Waals surface area contributed by atoms with Gasteiger partial charge in [0, 0.05) is 29.6 Å². The van der Waals surface area contributed by atoms with Gasteiger partial charge in [0.2, 0.25) is 5.91 Å². The maximum Gasteiger partial charge on any atom is 0.227 e. The number of amides is 1. The number of carbonyl (C=O) groups is 1. The molecule has 0 unspecified atom stereocenters. The lowest BCUT2D eigenvalue weighted by atomic mass is 10.0. The van der Waals surface area contributed by atoms with Crippen LogP contribution in [0.15, 0.2) is 53.9 Å². The monoisotopic (exact) mass is 380 g/mol. The predicted molar refractivity (Wildman–Crippen MR) is 110 cm³/mol. The van der Waals surface area contributed by atoms with Gasteiger partial charge < -0.3 is 9.64 Å². The van der Waals surface area contributed by atoms with Crippen molar-refractivity contribution in [2.24, 2.45) is 0 Å². The summed E-state index contributed by atoms with van der Waals surface area (Å²) in [6.07, 6.45) is 0.306. The summed E-state index contributed by atoms with van der Waals surface area (Å²) in [7, 11) is 1.64. The van der Waals surface area contributed by atoms with Crippen molar-refractivity contribution < 1.29 is 9.53 Å². The van der Waals surface area contributed by atoms with Crippen LogP contribution in [0.5, 0.6) is 5.75 Å². The van der Waals surface area contributed by atoms with E-state index in [9.17, 15) is 4.79 Å². The Morgan fingerprint density at radius 3 is 2.59 bits per heavy atom. The third-order valence-corrected chi connectivity index (χ3v) is 5.26. The molecule has 5 heteroatoms. The molecule has 0 bridgehead atoms. The minimum absolute atomic E-state index is 0.0891. The van der Waals surface area contributed by atoms with E-state index in [0.29, 0.717) is 19.5 Å². The van der Waals surface area contributed by atoms with Gasteiger partial charge in [-0.05, 0) is 37.6 Å². The molecule has 0 N–H and O–H groups in total. The zero-order valence-electron chi connectivity index (χ0n) is 15.9. The molecule has 0 saturated heterocycles. The Kier molecular flexibility index (Phi) is 6.24. The van der Waals surface area contributed by atoms with Gasteiger partial charge in [-0.3, -0.25) is 4.79 Å². The lowest BCUT2D eigenvalue weighted by molar-refractivity contribution is -0.130. The summed E-state index contributed by atoms with van der Waals surface area (Å²) in [5.41, 5.74) is 3.96. The zero-order valence-corrected chi connectivity index (χ0v) is 16.8. The summed E-state index contributed by atoms with van der Waals surface area (Å²) >= 11 is 1.62. The van der Waals surface area contributed by atoms with Crippen molar-refractivity contribution in [1.29, 1.82) is 0 Å². The first-order valence-corrected chi connectivity index (χ1v) is 9.89. The van der Waals surface area contributed by atoms with E-state index in [0.717, 1.165) is 33.1 Å². The van der Waals surface area contributed by atoms with Gasteiger partial charge in [0.15, 0.2) is 0 Å². The molecule has 1 aromatic heterocycles. The van der Waals surface area contributed by atoms with Crippen LogP contribution in [0.25, 0.3) is 11.3 Å². The lowest BCUT2D eigenvalue weighted by Gasteiger charge is -2.22. The first kappa shape index (κ1) is 19.1. The molecule has 0 aliphatic rings. The van der Waals surface area contributed by atoms with Crippen LogP contribution < -0.4 is 4.74 Å². The zero-order chi connectivity index (χ0) is 19.2. The Hall–Kier alpha value is -2.66. The number of aromatic nitrogens is 1. The summed E-state index contributed by atoms with van der Waals surface area (Å²) in [6, 6.07) is 16.0. The van der Waals surface area contributed by atoms with E-state index in [4.69, 9.17) is 4.74 Å². The molecule has 0 atom stereocenters. The molecular formula is C22H24N2O2S. The molecule has 0 aliphatic carbocycles. The van der Waals surface area contributed by atoms with Crippen molar-refractivity contribution in [1.82, 2.24) is 9.88 Å². The maximum absolute atomic E-state index is 12.9. The van der Waals surface area contributed by atoms with E-state index in [1.807, 2.05) is 72.7 Å². The largest absolute Gasteiger partial charge is 0.496 e. The quantitative estimate of drug-likeness (QED) is 0.596. The third-order valence-electron chi connectivity index (χ3n) is 4.49. The van der Waals surface area contributed by atoms with Gasteiger partial charge in [0.25, 0.3) is 0 Å². The number of ether oxygens (including phenoxy) is 1. The predicted octanol–water partition coefficient (Wildman–Crippen LogP) is 4.72. The number of likely N-dealkylation sites (N-methyl/N-ethyl adjacent to an activating group) is 1. The van der Waals surface area contributed by atoms with E-state index < -0.39 is 0 Å². The Morgan fingerprint density at radius 1 is 1.19 bits per heavy atom.